The number of thiazole rings is 1. The lowest BCUT2D eigenvalue weighted by Gasteiger charge is -2.17. The highest BCUT2D eigenvalue weighted by molar-refractivity contribution is 8.00. The van der Waals surface area contributed by atoms with E-state index in [1.807, 2.05) is 55.8 Å². The molecule has 160 valence electrons. The van der Waals surface area contributed by atoms with Gasteiger partial charge in [0.15, 0.2) is 16.1 Å². The van der Waals surface area contributed by atoms with Gasteiger partial charge in [-0.1, -0.05) is 30.0 Å². The van der Waals surface area contributed by atoms with Crippen LogP contribution in [-0.2, 0) is 11.4 Å². The molecule has 0 aliphatic heterocycles. The van der Waals surface area contributed by atoms with Crippen molar-refractivity contribution in [1.82, 2.24) is 19.7 Å². The summed E-state index contributed by atoms with van der Waals surface area (Å²) in [6.45, 7) is 12.3. The fraction of sp³-hybridized carbons (Fsp3) is 0.429. The summed E-state index contributed by atoms with van der Waals surface area (Å²) in [5.41, 5.74) is 3.06. The normalized spacial score (nSPS) is 12.2. The highest BCUT2D eigenvalue weighted by Crippen LogP contribution is 2.28. The summed E-state index contributed by atoms with van der Waals surface area (Å²) in [7, 11) is 0. The van der Waals surface area contributed by atoms with Gasteiger partial charge < -0.3 is 14.6 Å². The van der Waals surface area contributed by atoms with Crippen LogP contribution in [0.2, 0.25) is 0 Å². The number of rotatable bonds is 8. The Labute approximate surface area is 185 Å². The number of ether oxygens (including phenoxy) is 1. The van der Waals surface area contributed by atoms with Gasteiger partial charge in [-0.25, -0.2) is 4.98 Å². The molecule has 1 atom stereocenters. The lowest BCUT2D eigenvalue weighted by atomic mass is 10.1. The van der Waals surface area contributed by atoms with Crippen molar-refractivity contribution in [3.8, 4) is 5.75 Å². The molecule has 1 aromatic carbocycles. The third-order valence-corrected chi connectivity index (χ3v) is 6.44. The number of hydrogen-bond acceptors (Lipinski definition) is 7. The van der Waals surface area contributed by atoms with Crippen LogP contribution >= 0.6 is 23.1 Å². The van der Waals surface area contributed by atoms with Gasteiger partial charge in [-0.15, -0.1) is 21.5 Å². The molecule has 0 radical (unpaired) electrons. The lowest BCUT2D eigenvalue weighted by molar-refractivity contribution is -0.115. The first kappa shape index (κ1) is 22.3. The van der Waals surface area contributed by atoms with Crippen LogP contribution in [0.4, 0.5) is 5.13 Å². The minimum atomic E-state index is -0.344. The molecule has 0 saturated heterocycles. The van der Waals surface area contributed by atoms with Crippen LogP contribution in [-0.4, -0.2) is 30.9 Å². The topological polar surface area (TPSA) is 81.9 Å². The highest BCUT2D eigenvalue weighted by atomic mass is 32.2. The molecule has 7 nitrogen and oxygen atoms in total. The van der Waals surface area contributed by atoms with E-state index in [1.165, 1.54) is 23.1 Å². The van der Waals surface area contributed by atoms with Gasteiger partial charge in [0.25, 0.3) is 0 Å². The SMILES string of the molecule is Cc1csc(NC(=O)C(C)Sc2nnc(COc3c(C)cccc3C)n2C(C)C)n1. The van der Waals surface area contributed by atoms with Crippen LogP contribution in [0.25, 0.3) is 0 Å². The number of carbonyl (C=O) groups is 1. The van der Waals surface area contributed by atoms with E-state index in [-0.39, 0.29) is 17.2 Å². The number of aromatic nitrogens is 4. The molecule has 0 saturated carbocycles. The van der Waals surface area contributed by atoms with E-state index in [0.29, 0.717) is 16.9 Å². The Kier molecular flexibility index (Phi) is 7.14. The number of amides is 1. The van der Waals surface area contributed by atoms with E-state index in [4.69, 9.17) is 4.74 Å². The third kappa shape index (κ3) is 5.20. The summed E-state index contributed by atoms with van der Waals surface area (Å²) >= 11 is 2.80. The molecule has 0 aliphatic carbocycles. The number of nitrogens with zero attached hydrogens (tertiary/aromatic N) is 4. The van der Waals surface area contributed by atoms with Crippen LogP contribution in [0, 0.1) is 20.8 Å². The summed E-state index contributed by atoms with van der Waals surface area (Å²) in [4.78, 5) is 16.8. The quantitative estimate of drug-likeness (QED) is 0.495. The molecular formula is C21H27N5O2S2. The van der Waals surface area contributed by atoms with Gasteiger partial charge in [-0.05, 0) is 52.7 Å². The first-order valence-corrected chi connectivity index (χ1v) is 11.5. The minimum Gasteiger partial charge on any atom is -0.485 e. The predicted octanol–water partition coefficient (Wildman–Crippen LogP) is 4.94. The van der Waals surface area contributed by atoms with Crippen molar-refractivity contribution in [2.24, 2.45) is 0 Å². The fourth-order valence-electron chi connectivity index (χ4n) is 3.00. The van der Waals surface area contributed by atoms with E-state index in [0.717, 1.165) is 28.4 Å². The zero-order chi connectivity index (χ0) is 21.8. The highest BCUT2D eigenvalue weighted by Gasteiger charge is 2.22. The Morgan fingerprint density at radius 3 is 2.50 bits per heavy atom. The van der Waals surface area contributed by atoms with Gasteiger partial charge in [0, 0.05) is 11.4 Å². The van der Waals surface area contributed by atoms with E-state index < -0.39 is 0 Å². The first-order chi connectivity index (χ1) is 14.3. The molecule has 0 fully saturated rings. The summed E-state index contributed by atoms with van der Waals surface area (Å²) in [5.74, 6) is 1.50. The minimum absolute atomic E-state index is 0.110. The standard InChI is InChI=1S/C21H27N5O2S2/c1-12(2)26-17(10-28-18-13(3)8-7-9-14(18)4)24-25-21(26)30-16(6)19(27)23-20-22-15(5)11-29-20/h7-9,11-12,16H,10H2,1-6H3,(H,22,23,27). The van der Waals surface area contributed by atoms with Crippen LogP contribution in [0.15, 0.2) is 28.7 Å². The van der Waals surface area contributed by atoms with Crippen molar-refractivity contribution < 1.29 is 9.53 Å². The Hall–Kier alpha value is -2.39. The van der Waals surface area contributed by atoms with Crippen molar-refractivity contribution in [2.75, 3.05) is 5.32 Å². The number of hydrogen-bond donors (Lipinski definition) is 1. The predicted molar refractivity (Wildman–Crippen MR) is 121 cm³/mol. The number of aryl methyl sites for hydroxylation is 3. The monoisotopic (exact) mass is 445 g/mol. The van der Waals surface area contributed by atoms with E-state index in [1.54, 1.807) is 0 Å². The molecule has 2 aromatic heterocycles. The van der Waals surface area contributed by atoms with Crippen molar-refractivity contribution in [2.45, 2.75) is 64.6 Å². The van der Waals surface area contributed by atoms with E-state index in [9.17, 15) is 4.79 Å². The molecule has 1 N–H and O–H groups in total. The summed E-state index contributed by atoms with van der Waals surface area (Å²) < 4.78 is 8.10. The summed E-state index contributed by atoms with van der Waals surface area (Å²) in [6, 6.07) is 6.21. The number of benzene rings is 1. The molecule has 1 amide bonds. The fourth-order valence-corrected chi connectivity index (χ4v) is 4.69. The average molecular weight is 446 g/mol. The molecule has 2 heterocycles. The molecule has 0 spiro atoms. The van der Waals surface area contributed by atoms with Gasteiger partial charge >= 0.3 is 0 Å². The van der Waals surface area contributed by atoms with Gasteiger partial charge in [-0.3, -0.25) is 4.79 Å². The van der Waals surface area contributed by atoms with E-state index >= 15 is 0 Å². The second-order valence-electron chi connectivity index (χ2n) is 7.42. The van der Waals surface area contributed by atoms with Crippen molar-refractivity contribution in [3.05, 3.63) is 46.2 Å². The molecule has 30 heavy (non-hydrogen) atoms. The van der Waals surface area contributed by atoms with Crippen LogP contribution in [0.3, 0.4) is 0 Å². The van der Waals surface area contributed by atoms with Gasteiger partial charge in [0.05, 0.1) is 10.9 Å². The maximum absolute atomic E-state index is 12.6. The summed E-state index contributed by atoms with van der Waals surface area (Å²) in [6.07, 6.45) is 0. The molecular weight excluding hydrogens is 418 g/mol. The van der Waals surface area contributed by atoms with Crippen LogP contribution in [0.5, 0.6) is 5.75 Å². The Morgan fingerprint density at radius 1 is 1.20 bits per heavy atom. The number of anilines is 1. The number of para-hydroxylation sites is 1. The Morgan fingerprint density at radius 2 is 1.90 bits per heavy atom. The Balaban J connectivity index is 1.71. The maximum atomic E-state index is 12.6. The smallest absolute Gasteiger partial charge is 0.239 e. The third-order valence-electron chi connectivity index (χ3n) is 4.51. The van der Waals surface area contributed by atoms with Crippen LogP contribution < -0.4 is 10.1 Å². The number of thioether (sulfide) groups is 1. The second-order valence-corrected chi connectivity index (χ2v) is 9.58. The number of nitrogens with one attached hydrogen (secondary N) is 1. The second kappa shape index (κ2) is 9.61. The average Bonchev–Trinajstić information content (AvgIpc) is 3.27. The van der Waals surface area contributed by atoms with Gasteiger partial charge in [0.1, 0.15) is 12.4 Å². The Bertz CT molecular complexity index is 1010. The van der Waals surface area contributed by atoms with E-state index in [2.05, 4.69) is 34.3 Å². The van der Waals surface area contributed by atoms with Gasteiger partial charge in [0.2, 0.25) is 5.91 Å². The van der Waals surface area contributed by atoms with Crippen molar-refractivity contribution in [3.63, 3.8) is 0 Å². The zero-order valence-electron chi connectivity index (χ0n) is 18.1. The lowest BCUT2D eigenvalue weighted by Crippen LogP contribution is -2.23. The summed E-state index contributed by atoms with van der Waals surface area (Å²) in [5, 5.41) is 14.4. The molecule has 3 rings (SSSR count). The van der Waals surface area contributed by atoms with Crippen LogP contribution in [0.1, 0.15) is 49.5 Å². The van der Waals surface area contributed by atoms with Crippen molar-refractivity contribution >= 4 is 34.1 Å². The molecule has 0 bridgehead atoms. The number of carbonyl (C=O) groups excluding carboxylic acids is 1. The molecule has 3 aromatic rings. The molecule has 1 unspecified atom stereocenters. The first-order valence-electron chi connectivity index (χ1n) is 9.78. The van der Waals surface area contributed by atoms with Gasteiger partial charge in [-0.2, -0.15) is 0 Å². The van der Waals surface area contributed by atoms with Crippen molar-refractivity contribution in [1.29, 1.82) is 0 Å². The largest absolute Gasteiger partial charge is 0.485 e. The maximum Gasteiger partial charge on any atom is 0.239 e. The molecule has 0 aliphatic rings. The zero-order valence-corrected chi connectivity index (χ0v) is 19.7. The molecule has 9 heteroatoms.